The Kier molecular flexibility index (Phi) is 4.98. The smallest absolute Gasteiger partial charge is 0.270 e. The van der Waals surface area contributed by atoms with Crippen LogP contribution in [0.4, 0.5) is 5.69 Å². The number of ether oxygens (including phenoxy) is 1. The molecule has 1 aromatic carbocycles. The maximum Gasteiger partial charge on any atom is 0.270 e. The van der Waals surface area contributed by atoms with Gasteiger partial charge >= 0.3 is 0 Å². The van der Waals surface area contributed by atoms with Crippen LogP contribution in [0.15, 0.2) is 61.2 Å². The van der Waals surface area contributed by atoms with E-state index >= 15 is 0 Å². The summed E-state index contributed by atoms with van der Waals surface area (Å²) < 4.78 is 5.77. The Morgan fingerprint density at radius 2 is 1.97 bits per heavy atom. The summed E-state index contributed by atoms with van der Waals surface area (Å²) in [5.74, 6) is 5.96. The van der Waals surface area contributed by atoms with Crippen molar-refractivity contribution in [2.75, 3.05) is 0 Å². The molecule has 9 heteroatoms. The zero-order chi connectivity index (χ0) is 20.1. The van der Waals surface area contributed by atoms with Gasteiger partial charge < -0.3 is 4.74 Å². The summed E-state index contributed by atoms with van der Waals surface area (Å²) in [6.45, 7) is 0.139. The van der Waals surface area contributed by atoms with Crippen LogP contribution in [0.25, 0.3) is 11.2 Å². The van der Waals surface area contributed by atoms with E-state index in [-0.39, 0.29) is 23.9 Å². The van der Waals surface area contributed by atoms with Crippen molar-refractivity contribution in [2.24, 2.45) is 0 Å². The van der Waals surface area contributed by atoms with Crippen molar-refractivity contribution in [1.29, 1.82) is 0 Å². The lowest BCUT2D eigenvalue weighted by Crippen LogP contribution is -2.04. The Hall–Kier alpha value is -4.45. The SMILES string of the molecule is O=[N+]([O-])c1cccc(C#Cc2nc3ncccc3nc2OCc2cnccn2)c1. The molecule has 4 rings (SSSR count). The van der Waals surface area contributed by atoms with Crippen LogP contribution in [0.5, 0.6) is 5.88 Å². The number of benzene rings is 1. The molecule has 0 radical (unpaired) electrons. The molecule has 4 aromatic rings. The number of aromatic nitrogens is 5. The highest BCUT2D eigenvalue weighted by Gasteiger charge is 2.10. The molecule has 3 aromatic heterocycles. The fraction of sp³-hybridized carbons (Fsp3) is 0.0500. The van der Waals surface area contributed by atoms with Gasteiger partial charge in [0.25, 0.3) is 5.69 Å². The lowest BCUT2D eigenvalue weighted by molar-refractivity contribution is -0.384. The molecule has 0 spiro atoms. The van der Waals surface area contributed by atoms with Crippen molar-refractivity contribution < 1.29 is 9.66 Å². The average Bonchev–Trinajstić information content (AvgIpc) is 2.77. The molecular weight excluding hydrogens is 372 g/mol. The first kappa shape index (κ1) is 17.9. The summed E-state index contributed by atoms with van der Waals surface area (Å²) in [6, 6.07) is 9.55. The summed E-state index contributed by atoms with van der Waals surface area (Å²) in [6.07, 6.45) is 6.33. The van der Waals surface area contributed by atoms with Gasteiger partial charge in [-0.15, -0.1) is 0 Å². The average molecular weight is 384 g/mol. The molecule has 140 valence electrons. The first-order chi connectivity index (χ1) is 14.2. The minimum atomic E-state index is -0.472. The normalized spacial score (nSPS) is 10.2. The highest BCUT2D eigenvalue weighted by atomic mass is 16.6. The number of nitro benzene ring substituents is 1. The predicted octanol–water partition coefficient (Wildman–Crippen LogP) is 2.70. The molecule has 3 heterocycles. The van der Waals surface area contributed by atoms with Crippen LogP contribution in [0, 0.1) is 22.0 Å². The molecule has 0 saturated heterocycles. The van der Waals surface area contributed by atoms with E-state index in [1.807, 2.05) is 0 Å². The summed E-state index contributed by atoms with van der Waals surface area (Å²) in [7, 11) is 0. The van der Waals surface area contributed by atoms with Crippen molar-refractivity contribution in [1.82, 2.24) is 24.9 Å². The Bertz CT molecular complexity index is 1250. The highest BCUT2D eigenvalue weighted by molar-refractivity contribution is 5.71. The maximum absolute atomic E-state index is 10.9. The molecular formula is C20H12N6O3. The number of nitro groups is 1. The van der Waals surface area contributed by atoms with Crippen molar-refractivity contribution in [3.05, 3.63) is 88.3 Å². The third-order valence-electron chi connectivity index (χ3n) is 3.76. The standard InChI is InChI=1S/C20H12N6O3/c27-26(28)16-4-1-3-14(11-16)6-7-18-20(29-13-15-12-21-9-10-22-15)25-17-5-2-8-23-19(17)24-18/h1-5,8-12H,13H2. The van der Waals surface area contributed by atoms with E-state index in [2.05, 4.69) is 36.8 Å². The van der Waals surface area contributed by atoms with Crippen LogP contribution in [0.3, 0.4) is 0 Å². The van der Waals surface area contributed by atoms with Gasteiger partial charge in [-0.1, -0.05) is 12.0 Å². The van der Waals surface area contributed by atoms with Crippen LogP contribution < -0.4 is 4.74 Å². The van der Waals surface area contributed by atoms with E-state index in [0.717, 1.165) is 0 Å². The van der Waals surface area contributed by atoms with E-state index in [1.54, 1.807) is 49.1 Å². The highest BCUT2D eigenvalue weighted by Crippen LogP contribution is 2.18. The number of non-ortho nitro benzene ring substituents is 1. The van der Waals surface area contributed by atoms with Crippen molar-refractivity contribution in [2.45, 2.75) is 6.61 Å². The van der Waals surface area contributed by atoms with Gasteiger partial charge in [-0.2, -0.15) is 0 Å². The monoisotopic (exact) mass is 384 g/mol. The molecule has 0 aliphatic carbocycles. The molecule has 9 nitrogen and oxygen atoms in total. The van der Waals surface area contributed by atoms with Crippen molar-refractivity contribution >= 4 is 16.9 Å². The van der Waals surface area contributed by atoms with Crippen LogP contribution in [0.1, 0.15) is 17.0 Å². The minimum Gasteiger partial charge on any atom is -0.469 e. The zero-order valence-corrected chi connectivity index (χ0v) is 14.9. The Morgan fingerprint density at radius 3 is 2.79 bits per heavy atom. The van der Waals surface area contributed by atoms with Gasteiger partial charge in [0.05, 0.1) is 16.8 Å². The zero-order valence-electron chi connectivity index (χ0n) is 14.9. The van der Waals surface area contributed by atoms with Crippen LogP contribution in [-0.2, 0) is 6.61 Å². The molecule has 0 aliphatic rings. The molecule has 0 N–H and O–H groups in total. The number of nitrogens with zero attached hydrogens (tertiary/aromatic N) is 6. The number of pyridine rings is 1. The molecule has 0 saturated carbocycles. The fourth-order valence-corrected chi connectivity index (χ4v) is 2.44. The Morgan fingerprint density at radius 1 is 1.03 bits per heavy atom. The summed E-state index contributed by atoms with van der Waals surface area (Å²) >= 11 is 0. The van der Waals surface area contributed by atoms with E-state index in [9.17, 15) is 10.1 Å². The second-order valence-corrected chi connectivity index (χ2v) is 5.77. The molecule has 0 bridgehead atoms. The van der Waals surface area contributed by atoms with Crippen molar-refractivity contribution in [3.63, 3.8) is 0 Å². The predicted molar refractivity (Wildman–Crippen MR) is 103 cm³/mol. The van der Waals surface area contributed by atoms with Gasteiger partial charge in [-0.25, -0.2) is 15.0 Å². The fourth-order valence-electron chi connectivity index (χ4n) is 2.44. The Balaban J connectivity index is 1.70. The number of rotatable bonds is 4. The molecule has 0 unspecified atom stereocenters. The van der Waals surface area contributed by atoms with Gasteiger partial charge in [0.1, 0.15) is 12.1 Å². The van der Waals surface area contributed by atoms with Crippen LogP contribution in [-0.4, -0.2) is 29.8 Å². The van der Waals surface area contributed by atoms with E-state index < -0.39 is 4.92 Å². The second kappa shape index (κ2) is 8.06. The van der Waals surface area contributed by atoms with Crippen molar-refractivity contribution in [3.8, 4) is 17.7 Å². The summed E-state index contributed by atoms with van der Waals surface area (Å²) in [4.78, 5) is 31.7. The topological polar surface area (TPSA) is 117 Å². The molecule has 0 aliphatic heterocycles. The van der Waals surface area contributed by atoms with Gasteiger partial charge in [0.15, 0.2) is 11.3 Å². The largest absolute Gasteiger partial charge is 0.469 e. The Labute approximate surface area is 164 Å². The number of hydrogen-bond acceptors (Lipinski definition) is 8. The van der Waals surface area contributed by atoms with Gasteiger partial charge in [-0.05, 0) is 24.1 Å². The van der Waals surface area contributed by atoms with Gasteiger partial charge in [0, 0.05) is 36.3 Å². The van der Waals surface area contributed by atoms with E-state index in [4.69, 9.17) is 4.74 Å². The number of fused-ring (bicyclic) bond motifs is 1. The lowest BCUT2D eigenvalue weighted by atomic mass is 10.2. The summed E-state index contributed by atoms with van der Waals surface area (Å²) in [5, 5.41) is 10.9. The van der Waals surface area contributed by atoms with Crippen LogP contribution in [0.2, 0.25) is 0 Å². The molecule has 0 amide bonds. The quantitative estimate of drug-likeness (QED) is 0.299. The molecule has 29 heavy (non-hydrogen) atoms. The first-order valence-electron chi connectivity index (χ1n) is 8.46. The molecule has 0 atom stereocenters. The van der Waals surface area contributed by atoms with Gasteiger partial charge in [0.2, 0.25) is 5.88 Å². The summed E-state index contributed by atoms with van der Waals surface area (Å²) in [5.41, 5.74) is 2.30. The van der Waals surface area contributed by atoms with E-state index in [1.165, 1.54) is 12.1 Å². The van der Waals surface area contributed by atoms with E-state index in [0.29, 0.717) is 22.4 Å². The second-order valence-electron chi connectivity index (χ2n) is 5.77. The maximum atomic E-state index is 10.9. The lowest BCUT2D eigenvalue weighted by Gasteiger charge is -2.07. The van der Waals surface area contributed by atoms with Gasteiger partial charge in [-0.3, -0.25) is 20.1 Å². The van der Waals surface area contributed by atoms with Crippen LogP contribution >= 0.6 is 0 Å². The third-order valence-corrected chi connectivity index (χ3v) is 3.76. The minimum absolute atomic E-state index is 0.0396. The molecule has 0 fully saturated rings. The number of hydrogen-bond donors (Lipinski definition) is 0. The first-order valence-corrected chi connectivity index (χ1v) is 8.46. The third kappa shape index (κ3) is 4.28.